The Bertz CT molecular complexity index is 2390. The summed E-state index contributed by atoms with van der Waals surface area (Å²) in [6.45, 7) is 2.21. The van der Waals surface area contributed by atoms with E-state index in [-0.39, 0.29) is 0 Å². The van der Waals surface area contributed by atoms with Crippen molar-refractivity contribution in [1.82, 2.24) is 0 Å². The van der Waals surface area contributed by atoms with Crippen LogP contribution in [0.25, 0.3) is 64.7 Å². The van der Waals surface area contributed by atoms with Crippen molar-refractivity contribution in [2.75, 3.05) is 0 Å². The van der Waals surface area contributed by atoms with Gasteiger partial charge in [-0.15, -0.1) is 11.3 Å². The van der Waals surface area contributed by atoms with Crippen molar-refractivity contribution in [2.45, 2.75) is 12.3 Å². The molecule has 0 N–H and O–H groups in total. The molecule has 45 heavy (non-hydrogen) atoms. The standard InChI is InChI=1S/C44H28S/c1-27-16-22-40-35(24-27)43-41(45-40)23-21-37-42(43)34-14-8-9-15-36(34)44(37)38-25-30(28-10-4-2-5-11-28)17-19-32(38)33-20-18-31(26-39(33)44)29-12-6-3-7-13-29/h2-26H,1H3. The van der Waals surface area contributed by atoms with Crippen molar-refractivity contribution < 1.29 is 0 Å². The molecule has 0 unspecified atom stereocenters. The molecule has 0 aliphatic heterocycles. The van der Waals surface area contributed by atoms with E-state index in [1.807, 2.05) is 11.3 Å². The highest BCUT2D eigenvalue weighted by atomic mass is 32.1. The molecule has 0 amide bonds. The average Bonchev–Trinajstić information content (AvgIpc) is 3.72. The Balaban J connectivity index is 1.37. The zero-order valence-electron chi connectivity index (χ0n) is 24.8. The third-order valence-electron chi connectivity index (χ3n) is 10.1. The molecule has 210 valence electrons. The minimum absolute atomic E-state index is 0.418. The molecule has 1 spiro atoms. The fourth-order valence-corrected chi connectivity index (χ4v) is 9.37. The first-order valence-electron chi connectivity index (χ1n) is 15.7. The lowest BCUT2D eigenvalue weighted by atomic mass is 9.70. The summed E-state index contributed by atoms with van der Waals surface area (Å²) in [6, 6.07) is 57.0. The summed E-state index contributed by atoms with van der Waals surface area (Å²) in [6.07, 6.45) is 0. The molecule has 0 nitrogen and oxygen atoms in total. The maximum atomic E-state index is 2.48. The van der Waals surface area contributed by atoms with E-state index in [1.54, 1.807) is 0 Å². The highest BCUT2D eigenvalue weighted by Gasteiger charge is 2.52. The zero-order valence-corrected chi connectivity index (χ0v) is 25.7. The highest BCUT2D eigenvalue weighted by Crippen LogP contribution is 2.65. The fourth-order valence-electron chi connectivity index (χ4n) is 8.27. The van der Waals surface area contributed by atoms with E-state index in [4.69, 9.17) is 0 Å². The summed E-state index contributed by atoms with van der Waals surface area (Å²) in [5.74, 6) is 0. The molecule has 2 aliphatic carbocycles. The first kappa shape index (κ1) is 25.1. The molecule has 10 rings (SSSR count). The van der Waals surface area contributed by atoms with Gasteiger partial charge < -0.3 is 0 Å². The largest absolute Gasteiger partial charge is 0.135 e. The molecule has 2 aliphatic rings. The van der Waals surface area contributed by atoms with Gasteiger partial charge in [-0.3, -0.25) is 0 Å². The van der Waals surface area contributed by atoms with Crippen molar-refractivity contribution in [3.63, 3.8) is 0 Å². The summed E-state index contributed by atoms with van der Waals surface area (Å²) in [4.78, 5) is 0. The van der Waals surface area contributed by atoms with Crippen molar-refractivity contribution in [3.8, 4) is 44.5 Å². The number of hydrogen-bond donors (Lipinski definition) is 0. The molecule has 8 aromatic rings. The minimum Gasteiger partial charge on any atom is -0.135 e. The maximum absolute atomic E-state index is 2.48. The van der Waals surface area contributed by atoms with Crippen LogP contribution in [0.5, 0.6) is 0 Å². The van der Waals surface area contributed by atoms with E-state index in [0.717, 1.165) is 0 Å². The SMILES string of the molecule is Cc1ccc2sc3ccc4c(c3c2c1)-c1ccccc1C41c2cc(-c3ccccc3)ccc2-c2ccc(-c3ccccc3)cc21. The van der Waals surface area contributed by atoms with E-state index in [1.165, 1.54) is 92.5 Å². The predicted octanol–water partition coefficient (Wildman–Crippen LogP) is 12.0. The second kappa shape index (κ2) is 9.14. The summed E-state index contributed by atoms with van der Waals surface area (Å²) >= 11 is 1.91. The van der Waals surface area contributed by atoms with Crippen LogP contribution < -0.4 is 0 Å². The predicted molar refractivity (Wildman–Crippen MR) is 191 cm³/mol. The molecule has 1 heterocycles. The van der Waals surface area contributed by atoms with Crippen molar-refractivity contribution >= 4 is 31.5 Å². The fraction of sp³-hybridized carbons (Fsp3) is 0.0455. The lowest BCUT2D eigenvalue weighted by Gasteiger charge is -2.31. The van der Waals surface area contributed by atoms with Gasteiger partial charge in [0.1, 0.15) is 0 Å². The van der Waals surface area contributed by atoms with Crippen LogP contribution in [-0.2, 0) is 5.41 Å². The van der Waals surface area contributed by atoms with Crippen LogP contribution in [0.4, 0.5) is 0 Å². The lowest BCUT2D eigenvalue weighted by Crippen LogP contribution is -2.26. The zero-order chi connectivity index (χ0) is 29.7. The minimum atomic E-state index is -0.418. The summed E-state index contributed by atoms with van der Waals surface area (Å²) in [5, 5.41) is 2.77. The topological polar surface area (TPSA) is 0 Å². The Morgan fingerprint density at radius 2 is 1.02 bits per heavy atom. The smallest absolute Gasteiger partial charge is 0.0726 e. The molecule has 0 fully saturated rings. The Morgan fingerprint density at radius 3 is 1.69 bits per heavy atom. The van der Waals surface area contributed by atoms with Crippen molar-refractivity contribution in [1.29, 1.82) is 0 Å². The molecule has 7 aromatic carbocycles. The van der Waals surface area contributed by atoms with Gasteiger partial charge in [0.25, 0.3) is 0 Å². The number of aryl methyl sites for hydroxylation is 1. The Morgan fingerprint density at radius 1 is 0.422 bits per heavy atom. The summed E-state index contributed by atoms with van der Waals surface area (Å²) in [5.41, 5.74) is 16.9. The number of fused-ring (bicyclic) bond motifs is 14. The van der Waals surface area contributed by atoms with E-state index in [9.17, 15) is 0 Å². The van der Waals surface area contributed by atoms with Crippen LogP contribution in [0.3, 0.4) is 0 Å². The monoisotopic (exact) mass is 588 g/mol. The molecular weight excluding hydrogens is 561 g/mol. The van der Waals surface area contributed by atoms with Crippen molar-refractivity contribution in [3.05, 3.63) is 179 Å². The first-order valence-corrected chi connectivity index (χ1v) is 16.5. The number of benzene rings is 7. The normalized spacial score (nSPS) is 13.6. The Kier molecular flexibility index (Phi) is 5.10. The van der Waals surface area contributed by atoms with Gasteiger partial charge in [-0.25, -0.2) is 0 Å². The number of hydrogen-bond acceptors (Lipinski definition) is 1. The quantitative estimate of drug-likeness (QED) is 0.188. The van der Waals surface area contributed by atoms with E-state index in [0.29, 0.717) is 0 Å². The van der Waals surface area contributed by atoms with E-state index in [2.05, 4.69) is 159 Å². The van der Waals surface area contributed by atoms with E-state index >= 15 is 0 Å². The molecule has 1 aromatic heterocycles. The highest BCUT2D eigenvalue weighted by molar-refractivity contribution is 7.26. The third-order valence-corrected chi connectivity index (χ3v) is 11.3. The number of thiophene rings is 1. The first-order chi connectivity index (χ1) is 22.2. The second-order valence-electron chi connectivity index (χ2n) is 12.5. The van der Waals surface area contributed by atoms with Crippen LogP contribution >= 0.6 is 11.3 Å². The second-order valence-corrected chi connectivity index (χ2v) is 13.6. The molecule has 0 saturated carbocycles. The third kappa shape index (κ3) is 3.31. The summed E-state index contributed by atoms with van der Waals surface area (Å²) in [7, 11) is 0. The maximum Gasteiger partial charge on any atom is 0.0726 e. The van der Waals surface area contributed by atoms with Gasteiger partial charge in [-0.1, -0.05) is 127 Å². The molecule has 0 bridgehead atoms. The van der Waals surface area contributed by atoms with Crippen LogP contribution in [0.15, 0.2) is 152 Å². The van der Waals surface area contributed by atoms with Gasteiger partial charge in [0.05, 0.1) is 5.41 Å². The van der Waals surface area contributed by atoms with Gasteiger partial charge >= 0.3 is 0 Å². The van der Waals surface area contributed by atoms with Crippen LogP contribution in [0, 0.1) is 6.92 Å². The van der Waals surface area contributed by atoms with Crippen LogP contribution in [0.1, 0.15) is 27.8 Å². The Hall–Kier alpha value is -5.24. The van der Waals surface area contributed by atoms with Gasteiger partial charge in [-0.05, 0) is 104 Å². The molecular formula is C44H28S. The summed E-state index contributed by atoms with van der Waals surface area (Å²) < 4.78 is 2.71. The average molecular weight is 589 g/mol. The lowest BCUT2D eigenvalue weighted by molar-refractivity contribution is 0.795. The van der Waals surface area contributed by atoms with Crippen molar-refractivity contribution in [2.24, 2.45) is 0 Å². The Labute approximate surface area is 266 Å². The van der Waals surface area contributed by atoms with Gasteiger partial charge in [-0.2, -0.15) is 0 Å². The molecule has 1 heteroatoms. The molecule has 0 atom stereocenters. The van der Waals surface area contributed by atoms with Crippen LogP contribution in [-0.4, -0.2) is 0 Å². The molecule has 0 saturated heterocycles. The number of rotatable bonds is 2. The molecule has 0 radical (unpaired) electrons. The van der Waals surface area contributed by atoms with Gasteiger partial charge in [0.15, 0.2) is 0 Å². The van der Waals surface area contributed by atoms with Gasteiger partial charge in [0.2, 0.25) is 0 Å². The van der Waals surface area contributed by atoms with Crippen LogP contribution in [0.2, 0.25) is 0 Å². The van der Waals surface area contributed by atoms with E-state index < -0.39 is 5.41 Å². The van der Waals surface area contributed by atoms with Gasteiger partial charge in [0, 0.05) is 20.2 Å².